The number of aromatic amines is 1. The molecule has 6 heteroatoms. The average molecular weight is 273 g/mol. The summed E-state index contributed by atoms with van der Waals surface area (Å²) in [6.45, 7) is 1.06. The minimum atomic E-state index is -0.421. The van der Waals surface area contributed by atoms with Gasteiger partial charge in [0.25, 0.3) is 0 Å². The van der Waals surface area contributed by atoms with Crippen LogP contribution < -0.4 is 10.2 Å². The fraction of sp³-hybridized carbons (Fsp3) is 0.182. The maximum Gasteiger partial charge on any atom is 0.304 e. The van der Waals surface area contributed by atoms with Crippen LogP contribution in [0.15, 0.2) is 28.4 Å². The van der Waals surface area contributed by atoms with E-state index in [0.29, 0.717) is 13.1 Å². The molecule has 0 fully saturated rings. The number of H-pyrrole nitrogens is 1. The zero-order valence-corrected chi connectivity index (χ0v) is 10.4. The molecule has 2 aromatic rings. The van der Waals surface area contributed by atoms with Crippen molar-refractivity contribution in [3.8, 4) is 0 Å². The first kappa shape index (κ1) is 12.3. The third-order valence-corrected chi connectivity index (χ3v) is 3.22. The van der Waals surface area contributed by atoms with Crippen molar-refractivity contribution in [3.05, 3.63) is 55.3 Å². The molecule has 0 spiro atoms. The molecule has 17 heavy (non-hydrogen) atoms. The van der Waals surface area contributed by atoms with Crippen LogP contribution in [0.3, 0.4) is 0 Å². The average Bonchev–Trinajstić information content (AvgIpc) is 2.70. The highest BCUT2D eigenvalue weighted by Gasteiger charge is 2.01. The zero-order valence-electron chi connectivity index (χ0n) is 8.80. The fourth-order valence-corrected chi connectivity index (χ4v) is 2.09. The predicted octanol–water partition coefficient (Wildman–Crippen LogP) is 2.52. The van der Waals surface area contributed by atoms with Crippen LogP contribution >= 0.6 is 22.9 Å². The maximum absolute atomic E-state index is 13.1. The maximum atomic E-state index is 13.1. The first-order valence-corrected chi connectivity index (χ1v) is 6.22. The summed E-state index contributed by atoms with van der Waals surface area (Å²) in [5.74, 6) is -0.421. The zero-order chi connectivity index (χ0) is 12.3. The molecular weight excluding hydrogens is 263 g/mol. The van der Waals surface area contributed by atoms with Gasteiger partial charge in [-0.05, 0) is 17.7 Å². The lowest BCUT2D eigenvalue weighted by molar-refractivity contribution is 0.620. The molecule has 0 unspecified atom stereocenters. The van der Waals surface area contributed by atoms with Crippen molar-refractivity contribution in [2.45, 2.75) is 13.1 Å². The predicted molar refractivity (Wildman–Crippen MR) is 66.9 cm³/mol. The van der Waals surface area contributed by atoms with Gasteiger partial charge in [0.05, 0.1) is 5.02 Å². The SMILES string of the molecule is O=c1[nH]c(CNCc2ccc(Cl)c(F)c2)cs1. The lowest BCUT2D eigenvalue weighted by atomic mass is 10.2. The van der Waals surface area contributed by atoms with Crippen molar-refractivity contribution in [2.24, 2.45) is 0 Å². The number of aromatic nitrogens is 1. The molecule has 3 nitrogen and oxygen atoms in total. The topological polar surface area (TPSA) is 44.9 Å². The number of rotatable bonds is 4. The quantitative estimate of drug-likeness (QED) is 0.898. The molecule has 0 amide bonds. The van der Waals surface area contributed by atoms with Gasteiger partial charge < -0.3 is 10.3 Å². The molecule has 90 valence electrons. The lowest BCUT2D eigenvalue weighted by Crippen LogP contribution is -2.13. The van der Waals surface area contributed by atoms with Gasteiger partial charge in [-0.15, -0.1) is 0 Å². The van der Waals surface area contributed by atoms with E-state index in [2.05, 4.69) is 10.3 Å². The smallest absolute Gasteiger partial charge is 0.304 e. The van der Waals surface area contributed by atoms with Gasteiger partial charge in [0, 0.05) is 24.2 Å². The number of halogens is 2. The monoisotopic (exact) mass is 272 g/mol. The summed E-state index contributed by atoms with van der Waals surface area (Å²) < 4.78 is 13.1. The van der Waals surface area contributed by atoms with Crippen molar-refractivity contribution >= 4 is 22.9 Å². The van der Waals surface area contributed by atoms with Crippen LogP contribution in [0.5, 0.6) is 0 Å². The van der Waals surface area contributed by atoms with E-state index in [-0.39, 0.29) is 9.90 Å². The Hall–Kier alpha value is -1.17. The molecular formula is C11H10ClFN2OS. The molecule has 0 aliphatic rings. The summed E-state index contributed by atoms with van der Waals surface area (Å²) in [4.78, 5) is 13.5. The number of nitrogens with one attached hydrogen (secondary N) is 2. The molecule has 0 aliphatic carbocycles. The van der Waals surface area contributed by atoms with E-state index in [1.165, 1.54) is 12.1 Å². The molecule has 1 aromatic carbocycles. The molecule has 2 rings (SSSR count). The largest absolute Gasteiger partial charge is 0.315 e. The van der Waals surface area contributed by atoms with E-state index in [0.717, 1.165) is 22.6 Å². The Morgan fingerprint density at radius 1 is 1.41 bits per heavy atom. The number of hydrogen-bond acceptors (Lipinski definition) is 3. The third kappa shape index (κ3) is 3.39. The van der Waals surface area contributed by atoms with Crippen LogP contribution in [-0.4, -0.2) is 4.98 Å². The van der Waals surface area contributed by atoms with Crippen LogP contribution in [0, 0.1) is 5.82 Å². The summed E-state index contributed by atoms with van der Waals surface area (Å²) in [6, 6.07) is 4.68. The van der Waals surface area contributed by atoms with E-state index in [1.807, 2.05) is 0 Å². The van der Waals surface area contributed by atoms with Gasteiger partial charge in [0.2, 0.25) is 0 Å². The fourth-order valence-electron chi connectivity index (χ4n) is 1.39. The Balaban J connectivity index is 1.89. The van der Waals surface area contributed by atoms with E-state index in [4.69, 9.17) is 11.6 Å². The van der Waals surface area contributed by atoms with Crippen molar-refractivity contribution < 1.29 is 4.39 Å². The van der Waals surface area contributed by atoms with Crippen molar-refractivity contribution in [2.75, 3.05) is 0 Å². The highest BCUT2D eigenvalue weighted by molar-refractivity contribution is 7.07. The second kappa shape index (κ2) is 5.44. The Bertz CT molecular complexity index is 567. The van der Waals surface area contributed by atoms with Crippen molar-refractivity contribution in [1.82, 2.24) is 10.3 Å². The van der Waals surface area contributed by atoms with E-state index in [1.54, 1.807) is 11.4 Å². The van der Waals surface area contributed by atoms with Gasteiger partial charge in [-0.1, -0.05) is 29.0 Å². The summed E-state index contributed by atoms with van der Waals surface area (Å²) in [6.07, 6.45) is 0. The summed E-state index contributed by atoms with van der Waals surface area (Å²) in [7, 11) is 0. The Labute approximate surface area is 106 Å². The van der Waals surface area contributed by atoms with Crippen LogP contribution in [0.25, 0.3) is 0 Å². The minimum absolute atomic E-state index is 0.0701. The van der Waals surface area contributed by atoms with Crippen LogP contribution in [-0.2, 0) is 13.1 Å². The van der Waals surface area contributed by atoms with Crippen molar-refractivity contribution in [3.63, 3.8) is 0 Å². The highest BCUT2D eigenvalue weighted by atomic mass is 35.5. The molecule has 0 atom stereocenters. The van der Waals surface area contributed by atoms with Crippen LogP contribution in [0.4, 0.5) is 4.39 Å². The molecule has 1 heterocycles. The first-order valence-electron chi connectivity index (χ1n) is 4.96. The number of thiazole rings is 1. The summed E-state index contributed by atoms with van der Waals surface area (Å²) in [5.41, 5.74) is 1.64. The molecule has 2 N–H and O–H groups in total. The van der Waals surface area contributed by atoms with Crippen molar-refractivity contribution in [1.29, 1.82) is 0 Å². The second-order valence-electron chi connectivity index (χ2n) is 3.53. The van der Waals surface area contributed by atoms with Gasteiger partial charge in [0.15, 0.2) is 0 Å². The molecule has 1 aromatic heterocycles. The third-order valence-electron chi connectivity index (χ3n) is 2.20. The summed E-state index contributed by atoms with van der Waals surface area (Å²) >= 11 is 6.71. The highest BCUT2D eigenvalue weighted by Crippen LogP contribution is 2.15. The Morgan fingerprint density at radius 2 is 2.24 bits per heavy atom. The second-order valence-corrected chi connectivity index (χ2v) is 4.77. The molecule has 0 saturated carbocycles. The van der Waals surface area contributed by atoms with Gasteiger partial charge in [-0.3, -0.25) is 4.79 Å². The Morgan fingerprint density at radius 3 is 2.88 bits per heavy atom. The molecule has 0 bridgehead atoms. The van der Waals surface area contributed by atoms with Gasteiger partial charge in [0.1, 0.15) is 5.82 Å². The van der Waals surface area contributed by atoms with E-state index in [9.17, 15) is 9.18 Å². The van der Waals surface area contributed by atoms with E-state index >= 15 is 0 Å². The number of benzene rings is 1. The van der Waals surface area contributed by atoms with Crippen LogP contribution in [0.1, 0.15) is 11.3 Å². The first-order chi connectivity index (χ1) is 8.15. The summed E-state index contributed by atoms with van der Waals surface area (Å²) in [5, 5.41) is 4.99. The number of hydrogen-bond donors (Lipinski definition) is 2. The normalized spacial score (nSPS) is 10.7. The molecule has 0 saturated heterocycles. The van der Waals surface area contributed by atoms with Crippen LogP contribution in [0.2, 0.25) is 5.02 Å². The standard InChI is InChI=1S/C11H10ClFN2OS/c12-9-2-1-7(3-10(9)13)4-14-5-8-6-17-11(16)15-8/h1-3,6,14H,4-5H2,(H,15,16). The van der Waals surface area contributed by atoms with Gasteiger partial charge >= 0.3 is 4.87 Å². The minimum Gasteiger partial charge on any atom is -0.315 e. The Kier molecular flexibility index (Phi) is 3.93. The van der Waals surface area contributed by atoms with E-state index < -0.39 is 5.82 Å². The lowest BCUT2D eigenvalue weighted by Gasteiger charge is -2.04. The van der Waals surface area contributed by atoms with Gasteiger partial charge in [-0.25, -0.2) is 4.39 Å². The molecule has 0 aliphatic heterocycles. The molecule has 0 radical (unpaired) electrons. The van der Waals surface area contributed by atoms with Gasteiger partial charge in [-0.2, -0.15) is 0 Å².